The summed E-state index contributed by atoms with van der Waals surface area (Å²) in [6, 6.07) is 7.89. The quantitative estimate of drug-likeness (QED) is 0.850. The highest BCUT2D eigenvalue weighted by Gasteiger charge is 2.44. The normalized spacial score (nSPS) is 36.1. The van der Waals surface area contributed by atoms with E-state index in [-0.39, 0.29) is 11.4 Å². The molecule has 0 amide bonds. The van der Waals surface area contributed by atoms with Crippen molar-refractivity contribution in [2.24, 2.45) is 0 Å². The number of ether oxygens (including phenoxy) is 1. The van der Waals surface area contributed by atoms with Gasteiger partial charge in [-0.05, 0) is 43.4 Å². The summed E-state index contributed by atoms with van der Waals surface area (Å²) in [6.45, 7) is 0. The van der Waals surface area contributed by atoms with Crippen molar-refractivity contribution in [3.63, 3.8) is 0 Å². The van der Waals surface area contributed by atoms with E-state index in [4.69, 9.17) is 4.74 Å². The Morgan fingerprint density at radius 2 is 1.76 bits per heavy atom. The minimum absolute atomic E-state index is 0.183. The number of benzene rings is 1. The fourth-order valence-electron chi connectivity index (χ4n) is 3.38. The second-order valence-corrected chi connectivity index (χ2v) is 5.25. The molecule has 0 radical (unpaired) electrons. The Bertz CT molecular complexity index is 391. The highest BCUT2D eigenvalue weighted by atomic mass is 19.1. The summed E-state index contributed by atoms with van der Waals surface area (Å²) in [5.74, 6) is -0.183. The lowest BCUT2D eigenvalue weighted by atomic mass is 9.81. The molecule has 2 nitrogen and oxygen atoms in total. The Hall–Kier alpha value is -0.930. The van der Waals surface area contributed by atoms with E-state index >= 15 is 0 Å². The van der Waals surface area contributed by atoms with Crippen LogP contribution in [0.25, 0.3) is 0 Å². The van der Waals surface area contributed by atoms with Crippen molar-refractivity contribution in [3.8, 4) is 0 Å². The lowest BCUT2D eigenvalue weighted by Crippen LogP contribution is -2.47. The predicted octanol–water partition coefficient (Wildman–Crippen LogP) is 2.58. The Kier molecular flexibility index (Phi) is 2.68. The highest BCUT2D eigenvalue weighted by molar-refractivity contribution is 5.26. The van der Waals surface area contributed by atoms with Gasteiger partial charge < -0.3 is 10.1 Å². The Morgan fingerprint density at radius 3 is 2.29 bits per heavy atom. The number of hydrogen-bond donors (Lipinski definition) is 1. The summed E-state index contributed by atoms with van der Waals surface area (Å²) < 4.78 is 18.8. The zero-order chi connectivity index (χ0) is 11.9. The minimum Gasteiger partial charge on any atom is -0.373 e. The van der Waals surface area contributed by atoms with Crippen LogP contribution in [0.4, 0.5) is 4.39 Å². The second kappa shape index (κ2) is 4.07. The fourth-order valence-corrected chi connectivity index (χ4v) is 3.38. The first-order valence-electron chi connectivity index (χ1n) is 6.29. The van der Waals surface area contributed by atoms with Crippen molar-refractivity contribution in [1.29, 1.82) is 0 Å². The highest BCUT2D eigenvalue weighted by Crippen LogP contribution is 2.43. The monoisotopic (exact) mass is 235 g/mol. The number of hydrogen-bond acceptors (Lipinski definition) is 2. The minimum atomic E-state index is -0.217. The molecule has 1 N–H and O–H groups in total. The number of fused-ring (bicyclic) bond motifs is 2. The van der Waals surface area contributed by atoms with Crippen LogP contribution in [0.15, 0.2) is 24.3 Å². The predicted molar refractivity (Wildman–Crippen MR) is 64.3 cm³/mol. The molecule has 2 bridgehead atoms. The maximum atomic E-state index is 13.0. The lowest BCUT2D eigenvalue weighted by Gasteiger charge is -2.40. The molecule has 1 aromatic carbocycles. The van der Waals surface area contributed by atoms with Crippen LogP contribution in [0.5, 0.6) is 0 Å². The van der Waals surface area contributed by atoms with E-state index in [0.717, 1.165) is 18.4 Å². The summed E-state index contributed by atoms with van der Waals surface area (Å²) >= 11 is 0. The van der Waals surface area contributed by atoms with Gasteiger partial charge in [0.05, 0.1) is 5.60 Å². The molecule has 2 aliphatic rings. The third kappa shape index (κ3) is 1.87. The third-order valence-electron chi connectivity index (χ3n) is 4.25. The van der Waals surface area contributed by atoms with E-state index in [1.54, 1.807) is 7.11 Å². The number of rotatable bonds is 2. The van der Waals surface area contributed by atoms with E-state index in [2.05, 4.69) is 5.32 Å². The first-order valence-corrected chi connectivity index (χ1v) is 6.29. The molecule has 1 aromatic rings. The molecule has 2 atom stereocenters. The van der Waals surface area contributed by atoms with Gasteiger partial charge in [0.1, 0.15) is 5.82 Å². The second-order valence-electron chi connectivity index (χ2n) is 5.25. The summed E-state index contributed by atoms with van der Waals surface area (Å²) in [4.78, 5) is 0. The molecule has 3 heteroatoms. The standard InChI is InChI=1S/C14H18FNO/c1-17-14(10-2-4-11(15)5-3-10)8-12-6-7-13(9-14)16-12/h2-5,12-13,16H,6-9H2,1H3. The fraction of sp³-hybridized carbons (Fsp3) is 0.571. The first kappa shape index (κ1) is 11.2. The van der Waals surface area contributed by atoms with Gasteiger partial charge in [-0.1, -0.05) is 12.1 Å². The van der Waals surface area contributed by atoms with Crippen molar-refractivity contribution in [2.75, 3.05) is 7.11 Å². The molecular weight excluding hydrogens is 217 g/mol. The van der Waals surface area contributed by atoms with Gasteiger partial charge in [0.25, 0.3) is 0 Å². The zero-order valence-electron chi connectivity index (χ0n) is 10.1. The number of nitrogens with one attached hydrogen (secondary N) is 1. The average molecular weight is 235 g/mol. The maximum Gasteiger partial charge on any atom is 0.123 e. The van der Waals surface area contributed by atoms with E-state index in [0.29, 0.717) is 12.1 Å². The lowest BCUT2D eigenvalue weighted by molar-refractivity contribution is -0.0527. The van der Waals surface area contributed by atoms with Gasteiger partial charge >= 0.3 is 0 Å². The molecule has 0 spiro atoms. The topological polar surface area (TPSA) is 21.3 Å². The molecule has 3 rings (SSSR count). The largest absolute Gasteiger partial charge is 0.373 e. The van der Waals surface area contributed by atoms with Crippen molar-refractivity contribution < 1.29 is 9.13 Å². The first-order chi connectivity index (χ1) is 8.22. The molecule has 0 aromatic heterocycles. The van der Waals surface area contributed by atoms with Gasteiger partial charge in [0.2, 0.25) is 0 Å². The van der Waals surface area contributed by atoms with E-state index < -0.39 is 0 Å². The maximum absolute atomic E-state index is 13.0. The Labute approximate surface area is 101 Å². The van der Waals surface area contributed by atoms with E-state index in [1.165, 1.54) is 25.0 Å². The molecular formula is C14H18FNO. The average Bonchev–Trinajstić information content (AvgIpc) is 2.69. The van der Waals surface area contributed by atoms with Crippen molar-refractivity contribution in [3.05, 3.63) is 35.6 Å². The number of halogens is 1. The number of piperidine rings is 1. The SMILES string of the molecule is COC1(c2ccc(F)cc2)CC2CCC(C1)N2. The van der Waals surface area contributed by atoms with Crippen molar-refractivity contribution >= 4 is 0 Å². The molecule has 2 aliphatic heterocycles. The molecule has 17 heavy (non-hydrogen) atoms. The molecule has 0 aliphatic carbocycles. The van der Waals surface area contributed by atoms with Crippen molar-refractivity contribution in [1.82, 2.24) is 5.32 Å². The molecule has 2 unspecified atom stereocenters. The van der Waals surface area contributed by atoms with Crippen molar-refractivity contribution in [2.45, 2.75) is 43.4 Å². The van der Waals surface area contributed by atoms with E-state index in [1.807, 2.05) is 12.1 Å². The molecule has 92 valence electrons. The summed E-state index contributed by atoms with van der Waals surface area (Å²) in [5.41, 5.74) is 0.893. The van der Waals surface area contributed by atoms with Gasteiger partial charge in [0, 0.05) is 19.2 Å². The van der Waals surface area contributed by atoms with Crippen LogP contribution >= 0.6 is 0 Å². The van der Waals surface area contributed by atoms with Crippen LogP contribution in [0.1, 0.15) is 31.2 Å². The zero-order valence-corrected chi connectivity index (χ0v) is 10.1. The third-order valence-corrected chi connectivity index (χ3v) is 4.25. The van der Waals surface area contributed by atoms with Crippen LogP contribution in [0.2, 0.25) is 0 Å². The van der Waals surface area contributed by atoms with E-state index in [9.17, 15) is 4.39 Å². The van der Waals surface area contributed by atoms with Gasteiger partial charge in [-0.3, -0.25) is 0 Å². The Balaban J connectivity index is 1.94. The number of methoxy groups -OCH3 is 1. The summed E-state index contributed by atoms with van der Waals surface area (Å²) in [6.07, 6.45) is 4.45. The Morgan fingerprint density at radius 1 is 1.18 bits per heavy atom. The van der Waals surface area contributed by atoms with Gasteiger partial charge in [-0.25, -0.2) is 4.39 Å². The van der Waals surface area contributed by atoms with Crippen LogP contribution in [0.3, 0.4) is 0 Å². The molecule has 2 heterocycles. The van der Waals surface area contributed by atoms with Crippen LogP contribution in [0, 0.1) is 5.82 Å². The molecule has 2 saturated heterocycles. The van der Waals surface area contributed by atoms with Crippen LogP contribution in [-0.4, -0.2) is 19.2 Å². The molecule has 0 saturated carbocycles. The summed E-state index contributed by atoms with van der Waals surface area (Å²) in [7, 11) is 1.77. The van der Waals surface area contributed by atoms with Gasteiger partial charge in [-0.2, -0.15) is 0 Å². The summed E-state index contributed by atoms with van der Waals surface area (Å²) in [5, 5.41) is 3.61. The van der Waals surface area contributed by atoms with Crippen LogP contribution in [-0.2, 0) is 10.3 Å². The van der Waals surface area contributed by atoms with Crippen LogP contribution < -0.4 is 5.32 Å². The van der Waals surface area contributed by atoms with Gasteiger partial charge in [-0.15, -0.1) is 0 Å². The smallest absolute Gasteiger partial charge is 0.123 e. The molecule has 2 fully saturated rings. The van der Waals surface area contributed by atoms with Gasteiger partial charge in [0.15, 0.2) is 0 Å².